The third kappa shape index (κ3) is 4.85. The Morgan fingerprint density at radius 2 is 1.77 bits per heavy atom. The third-order valence-corrected chi connectivity index (χ3v) is 6.46. The van der Waals surface area contributed by atoms with Crippen molar-refractivity contribution in [3.05, 3.63) is 71.3 Å². The molecule has 1 heterocycles. The zero-order valence-electron chi connectivity index (χ0n) is 17.3. The molecule has 0 bridgehead atoms. The lowest BCUT2D eigenvalue weighted by molar-refractivity contribution is -0.131. The van der Waals surface area contributed by atoms with E-state index < -0.39 is 0 Å². The SMILES string of the molecule is Cc1ccc(C(=O)NC(CC(=O)N2CC3CCC(N)C3C2)c2ccccc2)cc1.Cl. The van der Waals surface area contributed by atoms with Crippen molar-refractivity contribution in [1.29, 1.82) is 0 Å². The van der Waals surface area contributed by atoms with Gasteiger partial charge in [0, 0.05) is 24.7 Å². The molecule has 0 spiro atoms. The van der Waals surface area contributed by atoms with Gasteiger partial charge in [-0.25, -0.2) is 0 Å². The van der Waals surface area contributed by atoms with Crippen molar-refractivity contribution < 1.29 is 9.59 Å². The molecule has 1 aliphatic carbocycles. The van der Waals surface area contributed by atoms with E-state index in [1.54, 1.807) is 0 Å². The Hall–Kier alpha value is -2.37. The number of aryl methyl sites for hydroxylation is 1. The number of fused-ring (bicyclic) bond motifs is 1. The molecule has 2 aromatic rings. The predicted octanol–water partition coefficient (Wildman–Crippen LogP) is 3.47. The Labute approximate surface area is 184 Å². The van der Waals surface area contributed by atoms with Gasteiger partial charge in [0.25, 0.3) is 5.91 Å². The van der Waals surface area contributed by atoms with Crippen molar-refractivity contribution in [2.75, 3.05) is 13.1 Å². The summed E-state index contributed by atoms with van der Waals surface area (Å²) >= 11 is 0. The molecule has 2 aromatic carbocycles. The summed E-state index contributed by atoms with van der Waals surface area (Å²) in [6.45, 7) is 3.53. The van der Waals surface area contributed by atoms with E-state index in [4.69, 9.17) is 5.73 Å². The zero-order chi connectivity index (χ0) is 20.4. The van der Waals surface area contributed by atoms with Gasteiger partial charge in [-0.3, -0.25) is 9.59 Å². The smallest absolute Gasteiger partial charge is 0.251 e. The number of nitrogens with one attached hydrogen (secondary N) is 1. The Balaban J connectivity index is 0.00000256. The summed E-state index contributed by atoms with van der Waals surface area (Å²) in [7, 11) is 0. The first-order valence-corrected chi connectivity index (χ1v) is 10.5. The van der Waals surface area contributed by atoms with Gasteiger partial charge in [0.05, 0.1) is 12.5 Å². The molecule has 2 amide bonds. The van der Waals surface area contributed by atoms with Gasteiger partial charge in [-0.1, -0.05) is 48.0 Å². The Kier molecular flexibility index (Phi) is 7.16. The van der Waals surface area contributed by atoms with Gasteiger partial charge >= 0.3 is 0 Å². The molecular weight excluding hydrogens is 398 g/mol. The summed E-state index contributed by atoms with van der Waals surface area (Å²) in [6, 6.07) is 17.1. The van der Waals surface area contributed by atoms with Crippen LogP contribution in [0, 0.1) is 18.8 Å². The number of hydrogen-bond donors (Lipinski definition) is 2. The van der Waals surface area contributed by atoms with E-state index in [1.165, 1.54) is 0 Å². The molecule has 1 aliphatic heterocycles. The van der Waals surface area contributed by atoms with Gasteiger partial charge in [0.15, 0.2) is 0 Å². The van der Waals surface area contributed by atoms with Crippen LogP contribution in [0.1, 0.15) is 46.8 Å². The molecule has 1 saturated heterocycles. The number of hydrogen-bond acceptors (Lipinski definition) is 3. The maximum Gasteiger partial charge on any atom is 0.251 e. The number of likely N-dealkylation sites (tertiary alicyclic amines) is 1. The fourth-order valence-electron chi connectivity index (χ4n) is 4.70. The second-order valence-electron chi connectivity index (χ2n) is 8.47. The second-order valence-corrected chi connectivity index (χ2v) is 8.47. The molecule has 160 valence electrons. The van der Waals surface area contributed by atoms with Gasteiger partial charge in [-0.15, -0.1) is 12.4 Å². The van der Waals surface area contributed by atoms with Crippen molar-refractivity contribution in [2.24, 2.45) is 17.6 Å². The van der Waals surface area contributed by atoms with E-state index in [2.05, 4.69) is 5.32 Å². The Morgan fingerprint density at radius 3 is 2.43 bits per heavy atom. The van der Waals surface area contributed by atoms with E-state index in [0.717, 1.165) is 37.1 Å². The standard InChI is InChI=1S/C24H29N3O2.ClH/c1-16-7-9-18(10-8-16)24(29)26-22(17-5-3-2-4-6-17)13-23(28)27-14-19-11-12-21(25)20(19)15-27;/h2-10,19-22H,11-15,25H2,1H3,(H,26,29);1H. The summed E-state index contributed by atoms with van der Waals surface area (Å²) in [4.78, 5) is 27.8. The molecule has 3 N–H and O–H groups in total. The number of rotatable bonds is 5. The molecule has 2 fully saturated rings. The molecule has 2 aliphatic rings. The number of nitrogens with zero attached hydrogens (tertiary/aromatic N) is 1. The lowest BCUT2D eigenvalue weighted by atomic mass is 9.98. The van der Waals surface area contributed by atoms with Crippen LogP contribution in [0.4, 0.5) is 0 Å². The van der Waals surface area contributed by atoms with Crippen molar-refractivity contribution >= 4 is 24.2 Å². The van der Waals surface area contributed by atoms with Crippen molar-refractivity contribution in [2.45, 2.75) is 38.3 Å². The van der Waals surface area contributed by atoms with Crippen LogP contribution in [0.2, 0.25) is 0 Å². The number of benzene rings is 2. The predicted molar refractivity (Wildman–Crippen MR) is 120 cm³/mol. The van der Waals surface area contributed by atoms with Crippen molar-refractivity contribution in [1.82, 2.24) is 10.2 Å². The minimum atomic E-state index is -0.355. The lowest BCUT2D eigenvalue weighted by Crippen LogP contribution is -2.37. The third-order valence-electron chi connectivity index (χ3n) is 6.46. The Bertz CT molecular complexity index is 872. The average Bonchev–Trinajstić information content (AvgIpc) is 3.31. The van der Waals surface area contributed by atoms with E-state index in [9.17, 15) is 9.59 Å². The van der Waals surface area contributed by atoms with Crippen molar-refractivity contribution in [3.63, 3.8) is 0 Å². The van der Waals surface area contributed by atoms with Crippen LogP contribution in [0.15, 0.2) is 54.6 Å². The van der Waals surface area contributed by atoms with Gasteiger partial charge in [0.1, 0.15) is 0 Å². The summed E-state index contributed by atoms with van der Waals surface area (Å²) in [5.41, 5.74) is 8.87. The molecule has 5 nitrogen and oxygen atoms in total. The first-order chi connectivity index (χ1) is 14.0. The topological polar surface area (TPSA) is 75.4 Å². The number of amides is 2. The zero-order valence-corrected chi connectivity index (χ0v) is 18.1. The maximum atomic E-state index is 13.1. The van der Waals surface area contributed by atoms with E-state index in [0.29, 0.717) is 17.4 Å². The quantitative estimate of drug-likeness (QED) is 0.767. The average molecular weight is 428 g/mol. The first-order valence-electron chi connectivity index (χ1n) is 10.5. The van der Waals surface area contributed by atoms with Crippen LogP contribution in [0.5, 0.6) is 0 Å². The fourth-order valence-corrected chi connectivity index (χ4v) is 4.70. The maximum absolute atomic E-state index is 13.1. The molecule has 4 atom stereocenters. The van der Waals surface area contributed by atoms with Gasteiger partial charge in [0.2, 0.25) is 5.91 Å². The van der Waals surface area contributed by atoms with E-state index in [1.807, 2.05) is 66.4 Å². The van der Waals surface area contributed by atoms with Crippen LogP contribution < -0.4 is 11.1 Å². The van der Waals surface area contributed by atoms with Crippen LogP contribution in [-0.2, 0) is 4.79 Å². The highest BCUT2D eigenvalue weighted by Crippen LogP contribution is 2.37. The van der Waals surface area contributed by atoms with E-state index >= 15 is 0 Å². The molecule has 4 unspecified atom stereocenters. The summed E-state index contributed by atoms with van der Waals surface area (Å²) in [6.07, 6.45) is 2.44. The minimum absolute atomic E-state index is 0. The number of carbonyl (C=O) groups excluding carboxylic acids is 2. The van der Waals surface area contributed by atoms with Gasteiger partial charge in [-0.05, 0) is 49.3 Å². The number of carbonyl (C=O) groups is 2. The normalized spacial score (nSPS) is 23.4. The molecule has 0 aromatic heterocycles. The molecule has 4 rings (SSSR count). The molecular formula is C24H30ClN3O2. The summed E-state index contributed by atoms with van der Waals surface area (Å²) < 4.78 is 0. The largest absolute Gasteiger partial charge is 0.345 e. The van der Waals surface area contributed by atoms with Crippen molar-refractivity contribution in [3.8, 4) is 0 Å². The highest BCUT2D eigenvalue weighted by atomic mass is 35.5. The van der Waals surface area contributed by atoms with E-state index in [-0.39, 0.29) is 42.7 Å². The molecule has 6 heteroatoms. The van der Waals surface area contributed by atoms with Crippen LogP contribution in [0.3, 0.4) is 0 Å². The monoisotopic (exact) mass is 427 g/mol. The summed E-state index contributed by atoms with van der Waals surface area (Å²) in [5, 5.41) is 3.07. The molecule has 0 radical (unpaired) electrons. The lowest BCUT2D eigenvalue weighted by Gasteiger charge is -2.24. The highest BCUT2D eigenvalue weighted by molar-refractivity contribution is 5.94. The van der Waals surface area contributed by atoms with Gasteiger partial charge in [-0.2, -0.15) is 0 Å². The van der Waals surface area contributed by atoms with Crippen LogP contribution in [-0.4, -0.2) is 35.8 Å². The molecule has 30 heavy (non-hydrogen) atoms. The minimum Gasteiger partial charge on any atom is -0.345 e. The van der Waals surface area contributed by atoms with Gasteiger partial charge < -0.3 is 16.0 Å². The van der Waals surface area contributed by atoms with Crippen LogP contribution >= 0.6 is 12.4 Å². The summed E-state index contributed by atoms with van der Waals surface area (Å²) in [5.74, 6) is 0.888. The first kappa shape index (κ1) is 22.3. The van der Waals surface area contributed by atoms with Crippen LogP contribution in [0.25, 0.3) is 0 Å². The molecule has 1 saturated carbocycles. The highest BCUT2D eigenvalue weighted by Gasteiger charge is 2.42. The fraction of sp³-hybridized carbons (Fsp3) is 0.417. The number of nitrogens with two attached hydrogens (primary N) is 1. The number of halogens is 1. The second kappa shape index (κ2) is 9.63. The Morgan fingerprint density at radius 1 is 1.07 bits per heavy atom.